The Bertz CT molecular complexity index is 1290. The molecule has 0 saturated carbocycles. The van der Waals surface area contributed by atoms with E-state index in [2.05, 4.69) is 5.32 Å². The van der Waals surface area contributed by atoms with E-state index in [-0.39, 0.29) is 17.9 Å². The molecular formula is C26H23N3O5. The molecule has 0 unspecified atom stereocenters. The number of benzene rings is 3. The Morgan fingerprint density at radius 2 is 1.85 bits per heavy atom. The first kappa shape index (κ1) is 24.0. The standard InChI is InChI=1S/C26H23N3O5/c1-17-4-5-18(2)24(12-17)28-26(30)21(15-27)13-20-8-11-23(33-3)14-25(20)34-16-19-6-9-22(10-7-19)29(31)32/h4-14H,16H2,1-3H3,(H,28,30)/b21-13+. The van der Waals surface area contributed by atoms with Crippen molar-refractivity contribution in [2.24, 2.45) is 0 Å². The van der Waals surface area contributed by atoms with Crippen molar-refractivity contribution < 1.29 is 19.2 Å². The van der Waals surface area contributed by atoms with Gasteiger partial charge in [0.15, 0.2) is 0 Å². The van der Waals surface area contributed by atoms with Crippen LogP contribution in [0.2, 0.25) is 0 Å². The third-order valence-corrected chi connectivity index (χ3v) is 5.07. The number of nitrogens with one attached hydrogen (secondary N) is 1. The highest BCUT2D eigenvalue weighted by Gasteiger charge is 2.14. The molecule has 0 aliphatic rings. The van der Waals surface area contributed by atoms with Gasteiger partial charge in [-0.2, -0.15) is 5.26 Å². The van der Waals surface area contributed by atoms with E-state index >= 15 is 0 Å². The number of non-ortho nitro benzene ring substituents is 1. The summed E-state index contributed by atoms with van der Waals surface area (Å²) < 4.78 is 11.2. The molecule has 34 heavy (non-hydrogen) atoms. The summed E-state index contributed by atoms with van der Waals surface area (Å²) in [4.78, 5) is 23.2. The Morgan fingerprint density at radius 1 is 1.12 bits per heavy atom. The summed E-state index contributed by atoms with van der Waals surface area (Å²) in [5.74, 6) is 0.396. The summed E-state index contributed by atoms with van der Waals surface area (Å²) in [6.45, 7) is 3.92. The highest BCUT2D eigenvalue weighted by molar-refractivity contribution is 6.10. The van der Waals surface area contributed by atoms with Crippen LogP contribution >= 0.6 is 0 Å². The van der Waals surface area contributed by atoms with Crippen LogP contribution in [0, 0.1) is 35.3 Å². The molecule has 172 valence electrons. The van der Waals surface area contributed by atoms with Crippen molar-refractivity contribution >= 4 is 23.4 Å². The average Bonchev–Trinajstić information content (AvgIpc) is 2.83. The summed E-state index contributed by atoms with van der Waals surface area (Å²) in [5, 5.41) is 23.3. The number of aryl methyl sites for hydroxylation is 2. The zero-order valence-corrected chi connectivity index (χ0v) is 19.0. The monoisotopic (exact) mass is 457 g/mol. The number of nitrogens with zero attached hydrogens (tertiary/aromatic N) is 2. The third-order valence-electron chi connectivity index (χ3n) is 5.07. The van der Waals surface area contributed by atoms with Gasteiger partial charge in [0.05, 0.1) is 12.0 Å². The lowest BCUT2D eigenvalue weighted by molar-refractivity contribution is -0.384. The molecule has 8 nitrogen and oxygen atoms in total. The van der Waals surface area contributed by atoms with E-state index < -0.39 is 10.8 Å². The van der Waals surface area contributed by atoms with E-state index in [4.69, 9.17) is 9.47 Å². The average molecular weight is 457 g/mol. The lowest BCUT2D eigenvalue weighted by Gasteiger charge is -2.12. The van der Waals surface area contributed by atoms with Gasteiger partial charge in [0.25, 0.3) is 11.6 Å². The van der Waals surface area contributed by atoms with Gasteiger partial charge >= 0.3 is 0 Å². The van der Waals surface area contributed by atoms with Gasteiger partial charge in [-0.05, 0) is 66.9 Å². The van der Waals surface area contributed by atoms with Crippen molar-refractivity contribution in [3.8, 4) is 17.6 Å². The number of nitriles is 1. The summed E-state index contributed by atoms with van der Waals surface area (Å²) in [6, 6.07) is 18.7. The van der Waals surface area contributed by atoms with Crippen molar-refractivity contribution in [2.45, 2.75) is 20.5 Å². The molecule has 0 aromatic heterocycles. The normalized spacial score (nSPS) is 10.8. The van der Waals surface area contributed by atoms with Crippen molar-refractivity contribution in [1.82, 2.24) is 0 Å². The minimum Gasteiger partial charge on any atom is -0.497 e. The number of nitro benzene ring substituents is 1. The van der Waals surface area contributed by atoms with Gasteiger partial charge in [-0.15, -0.1) is 0 Å². The molecule has 3 aromatic rings. The van der Waals surface area contributed by atoms with Crippen LogP contribution in [0.15, 0.2) is 66.2 Å². The molecule has 1 N–H and O–H groups in total. The lowest BCUT2D eigenvalue weighted by Crippen LogP contribution is -2.14. The Hall–Kier alpha value is -4.64. The molecule has 0 spiro atoms. The Kier molecular flexibility index (Phi) is 7.62. The fraction of sp³-hybridized carbons (Fsp3) is 0.154. The van der Waals surface area contributed by atoms with E-state index in [9.17, 15) is 20.2 Å². The van der Waals surface area contributed by atoms with Gasteiger partial charge < -0.3 is 14.8 Å². The number of ether oxygens (including phenoxy) is 2. The van der Waals surface area contributed by atoms with Gasteiger partial charge in [-0.25, -0.2) is 0 Å². The predicted octanol–water partition coefficient (Wildman–Crippen LogP) is 5.34. The lowest BCUT2D eigenvalue weighted by atomic mass is 10.1. The second-order valence-corrected chi connectivity index (χ2v) is 7.56. The second kappa shape index (κ2) is 10.8. The number of hydrogen-bond acceptors (Lipinski definition) is 6. The number of anilines is 1. The van der Waals surface area contributed by atoms with Crippen LogP contribution in [-0.4, -0.2) is 17.9 Å². The fourth-order valence-electron chi connectivity index (χ4n) is 3.13. The zero-order valence-electron chi connectivity index (χ0n) is 19.0. The van der Waals surface area contributed by atoms with Gasteiger partial charge in [-0.3, -0.25) is 14.9 Å². The van der Waals surface area contributed by atoms with Crippen molar-refractivity contribution in [3.63, 3.8) is 0 Å². The molecule has 0 radical (unpaired) electrons. The maximum absolute atomic E-state index is 12.8. The molecule has 8 heteroatoms. The smallest absolute Gasteiger partial charge is 0.269 e. The molecule has 3 aromatic carbocycles. The number of nitro groups is 1. The van der Waals surface area contributed by atoms with Crippen molar-refractivity contribution in [1.29, 1.82) is 5.26 Å². The minimum atomic E-state index is -0.534. The SMILES string of the molecule is COc1ccc(/C=C(\C#N)C(=O)Nc2cc(C)ccc2C)c(OCc2ccc([N+](=O)[O-])cc2)c1. The van der Waals surface area contributed by atoms with Crippen LogP contribution in [0.5, 0.6) is 11.5 Å². The Labute approximate surface area is 197 Å². The summed E-state index contributed by atoms with van der Waals surface area (Å²) in [6.07, 6.45) is 1.45. The molecule has 0 saturated heterocycles. The predicted molar refractivity (Wildman–Crippen MR) is 129 cm³/mol. The van der Waals surface area contributed by atoms with Gasteiger partial charge in [0, 0.05) is 29.4 Å². The summed E-state index contributed by atoms with van der Waals surface area (Å²) in [7, 11) is 1.52. The van der Waals surface area contributed by atoms with Gasteiger partial charge in [0.2, 0.25) is 0 Å². The first-order valence-corrected chi connectivity index (χ1v) is 10.3. The molecule has 0 aliphatic heterocycles. The topological polar surface area (TPSA) is 114 Å². The number of hydrogen-bond donors (Lipinski definition) is 1. The fourth-order valence-corrected chi connectivity index (χ4v) is 3.13. The van der Waals surface area contributed by atoms with Crippen molar-refractivity contribution in [2.75, 3.05) is 12.4 Å². The first-order chi connectivity index (χ1) is 16.3. The zero-order chi connectivity index (χ0) is 24.7. The van der Waals surface area contributed by atoms with Crippen LogP contribution in [0.3, 0.4) is 0 Å². The summed E-state index contributed by atoms with van der Waals surface area (Å²) >= 11 is 0. The first-order valence-electron chi connectivity index (χ1n) is 10.3. The van der Waals surface area contributed by atoms with E-state index in [0.717, 1.165) is 16.7 Å². The molecule has 0 bridgehead atoms. The maximum atomic E-state index is 12.8. The maximum Gasteiger partial charge on any atom is 0.269 e. The van der Waals surface area contributed by atoms with E-state index in [0.29, 0.717) is 22.7 Å². The van der Waals surface area contributed by atoms with Crippen LogP contribution in [0.4, 0.5) is 11.4 Å². The number of carbonyl (C=O) groups excluding carboxylic acids is 1. The largest absolute Gasteiger partial charge is 0.497 e. The number of carbonyl (C=O) groups is 1. The summed E-state index contributed by atoms with van der Waals surface area (Å²) in [5.41, 5.74) is 3.63. The molecule has 0 heterocycles. The highest BCUT2D eigenvalue weighted by atomic mass is 16.6. The Morgan fingerprint density at radius 3 is 2.50 bits per heavy atom. The minimum absolute atomic E-state index is 0.0118. The number of amides is 1. The molecule has 0 aliphatic carbocycles. The number of rotatable bonds is 8. The molecular weight excluding hydrogens is 434 g/mol. The van der Waals surface area contributed by atoms with Gasteiger partial charge in [-0.1, -0.05) is 12.1 Å². The number of methoxy groups -OCH3 is 1. The molecule has 3 rings (SSSR count). The van der Waals surface area contributed by atoms with Crippen LogP contribution in [0.25, 0.3) is 6.08 Å². The quantitative estimate of drug-likeness (QED) is 0.211. The molecule has 0 fully saturated rings. The van der Waals surface area contributed by atoms with Crippen LogP contribution in [-0.2, 0) is 11.4 Å². The molecule has 0 atom stereocenters. The Balaban J connectivity index is 1.85. The van der Waals surface area contributed by atoms with Gasteiger partial charge in [0.1, 0.15) is 29.7 Å². The van der Waals surface area contributed by atoms with E-state index in [1.54, 1.807) is 30.3 Å². The second-order valence-electron chi connectivity index (χ2n) is 7.56. The molecule has 1 amide bonds. The highest BCUT2D eigenvalue weighted by Crippen LogP contribution is 2.28. The third kappa shape index (κ3) is 5.99. The van der Waals surface area contributed by atoms with E-state index in [1.165, 1.54) is 25.3 Å². The van der Waals surface area contributed by atoms with E-state index in [1.807, 2.05) is 38.1 Å². The van der Waals surface area contributed by atoms with Crippen LogP contribution in [0.1, 0.15) is 22.3 Å². The van der Waals surface area contributed by atoms with Crippen molar-refractivity contribution in [3.05, 3.63) is 98.6 Å². The van der Waals surface area contributed by atoms with Crippen LogP contribution < -0.4 is 14.8 Å².